The molecule has 9 saturated carbocycles. The zero-order chi connectivity index (χ0) is 63.8. The van der Waals surface area contributed by atoms with E-state index in [4.69, 9.17) is 23.4 Å². The smallest absolute Gasteiger partial charge is 0.339 e. The number of ketones is 1. The van der Waals surface area contributed by atoms with Crippen molar-refractivity contribution in [3.8, 4) is 11.8 Å². The van der Waals surface area contributed by atoms with Gasteiger partial charge in [-0.2, -0.15) is 0 Å². The molecule has 0 amide bonds. The van der Waals surface area contributed by atoms with E-state index >= 15 is 19.5 Å². The van der Waals surface area contributed by atoms with Crippen LogP contribution in [0.1, 0.15) is 145 Å². The normalized spacial score (nSPS) is 55.0. The summed E-state index contributed by atoms with van der Waals surface area (Å²) in [6, 6.07) is 11.3. The third-order valence-corrected chi connectivity index (χ3v) is 34.6. The summed E-state index contributed by atoms with van der Waals surface area (Å²) in [7, 11) is 0. The SMILES string of the molecule is CC12CC3CC45CCCC4CC4=CC6C78C=CC9CCCC9C7CC=C7C=CC(CC78)C67OC46C5C(=O)OCC64C7C(=O)C(O)C5(C6CC(Cc7ccccc7)CCC6C#CC6CCc7coc(CC(C(O)CO)C8CCC9C(C=CN%10CNCC9%10)C8)c7C61OC(=O)C1OC152)C34. The van der Waals surface area contributed by atoms with E-state index in [2.05, 4.69) is 108 Å². The Hall–Kier alpha value is -5.07. The average Bonchev–Trinajstić information content (AvgIpc) is 1.40. The molecule has 1 aromatic heterocycles. The number of aliphatic hydroxyl groups is 3. The van der Waals surface area contributed by atoms with Crippen LogP contribution < -0.4 is 5.32 Å². The van der Waals surface area contributed by atoms with Crippen LogP contribution in [-0.4, -0.2) is 106 Å². The molecule has 13 nitrogen and oxygen atoms in total. The number of furan rings is 1. The van der Waals surface area contributed by atoms with Gasteiger partial charge in [-0.1, -0.05) is 104 Å². The summed E-state index contributed by atoms with van der Waals surface area (Å²) < 4.78 is 39.2. The molecule has 21 aliphatic rings. The number of carbonyl (C=O) groups excluding carboxylic acids is 3. The van der Waals surface area contributed by atoms with E-state index in [1.807, 2.05) is 6.26 Å². The van der Waals surface area contributed by atoms with E-state index in [0.717, 1.165) is 101 Å². The summed E-state index contributed by atoms with van der Waals surface area (Å²) >= 11 is 0. The maximum Gasteiger partial charge on any atom is 0.339 e. The molecule has 4 N–H and O–H groups in total. The molecule has 32 unspecified atom stereocenters. The van der Waals surface area contributed by atoms with Gasteiger partial charge in [0.1, 0.15) is 29.7 Å². The molecule has 1 aromatic carbocycles. The first-order valence-corrected chi connectivity index (χ1v) is 38.6. The number of hydrogen-bond donors (Lipinski definition) is 4. The maximum absolute atomic E-state index is 18.5. The van der Waals surface area contributed by atoms with Gasteiger partial charge in [0.05, 0.1) is 54.4 Å². The lowest BCUT2D eigenvalue weighted by Crippen LogP contribution is -2.84. The highest BCUT2D eigenvalue weighted by Gasteiger charge is 3.01. The zero-order valence-electron chi connectivity index (χ0n) is 55.6. The molecule has 23 rings (SSSR count). The second-order valence-corrected chi connectivity index (χ2v) is 36.5. The summed E-state index contributed by atoms with van der Waals surface area (Å²) in [6.07, 6.45) is 36.4. The number of epoxide rings is 1. The predicted octanol–water partition coefficient (Wildman–Crippen LogP) is 10.5. The number of fused-ring (bicyclic) bond motifs is 8. The lowest BCUT2D eigenvalue weighted by atomic mass is 9.27. The quantitative estimate of drug-likeness (QED) is 0.0891. The highest BCUT2D eigenvalue weighted by Crippen LogP contribution is 2.93. The van der Waals surface area contributed by atoms with E-state index < -0.39 is 97.9 Å². The summed E-state index contributed by atoms with van der Waals surface area (Å²) in [4.78, 5) is 54.0. The second-order valence-electron chi connectivity index (χ2n) is 36.5. The minimum absolute atomic E-state index is 0.0219. The standard InChI is InChI=1S/C83H94N2O11/c1-75-36-51-37-76-26-6-10-53(76)32-55-34-65-77-27-24-45-9-5-11-56(45)59(77)23-18-46-15-21-54(33-60(46)77)80(65)69-67(88)71(89)79(68(51)78(69)41-93-73(90)70(76)82(55,78)96-80)61-30-44(29-43-7-3-2-4-8-43)12-13-47(61)14-19-52-20-16-50-40-92-64(66(50)81(52,75)95-74(91)72-83(75,79)94-72)35-58(63(87)39-86)48-17-22-57-49(31-48)25-28-85-42-84-38-62(57)85/h2-4,7-8,15,18,21,24-25,27-28,34,40,44-45,47-49,51-54,56-63,65,68-72,84,86-87,89H,5-6,9-13,16-17,20,22-23,26,29-33,35-39,41-42H2,1H3. The molecule has 11 bridgehead atoms. The number of Topliss-reactive ketones (excluding diaryl/α,β-unsaturated/α-hetero) is 1. The number of carbonyl (C=O) groups is 3. The molecule has 14 aliphatic carbocycles. The van der Waals surface area contributed by atoms with Crippen LogP contribution in [0.3, 0.4) is 0 Å². The number of nitrogens with one attached hydrogen (secondary N) is 1. The Morgan fingerprint density at radius 3 is 2.69 bits per heavy atom. The fraction of sp³-hybridized carbons (Fsp3) is 0.699. The van der Waals surface area contributed by atoms with E-state index in [9.17, 15) is 10.2 Å². The van der Waals surface area contributed by atoms with Gasteiger partial charge in [-0.25, -0.2) is 4.79 Å². The average molecular weight is 1300 g/mol. The van der Waals surface area contributed by atoms with Gasteiger partial charge in [0.2, 0.25) is 0 Å². The van der Waals surface area contributed by atoms with Gasteiger partial charge in [0.15, 0.2) is 17.5 Å². The third-order valence-electron chi connectivity index (χ3n) is 34.6. The number of ether oxygens (including phenoxy) is 4. The molecule has 13 heteroatoms. The molecule has 14 fully saturated rings. The monoisotopic (exact) mass is 1290 g/mol. The molecule has 96 heavy (non-hydrogen) atoms. The number of aliphatic hydroxyl groups excluding tert-OH is 3. The number of rotatable bonds is 7. The van der Waals surface area contributed by atoms with Crippen molar-refractivity contribution in [2.24, 2.45) is 140 Å². The Bertz CT molecular complexity index is 4040. The van der Waals surface area contributed by atoms with Crippen LogP contribution in [0.5, 0.6) is 0 Å². The van der Waals surface area contributed by atoms with E-state index in [0.29, 0.717) is 79.9 Å². The molecule has 5 saturated heterocycles. The Kier molecular flexibility index (Phi) is 11.2. The van der Waals surface area contributed by atoms with Gasteiger partial charge in [-0.05, 0) is 226 Å². The van der Waals surface area contributed by atoms with Gasteiger partial charge >= 0.3 is 11.9 Å². The highest BCUT2D eigenvalue weighted by atomic mass is 16.7. The number of cyclic esters (lactones) is 1. The third kappa shape index (κ3) is 6.09. The highest BCUT2D eigenvalue weighted by molar-refractivity contribution is 5.95. The molecule has 8 spiro atoms. The van der Waals surface area contributed by atoms with Crippen LogP contribution in [0.2, 0.25) is 0 Å². The molecular formula is C83H94N2O11. The predicted molar refractivity (Wildman–Crippen MR) is 350 cm³/mol. The van der Waals surface area contributed by atoms with E-state index in [-0.39, 0.29) is 83.6 Å². The van der Waals surface area contributed by atoms with Crippen molar-refractivity contribution in [2.75, 3.05) is 26.4 Å². The molecule has 7 aliphatic heterocycles. The topological polar surface area (TPSA) is 181 Å². The second kappa shape index (κ2) is 18.7. The van der Waals surface area contributed by atoms with Crippen molar-refractivity contribution in [2.45, 2.75) is 189 Å². The number of aryl methyl sites for hydroxylation is 1. The van der Waals surface area contributed by atoms with E-state index in [1.54, 1.807) is 0 Å². The zero-order valence-corrected chi connectivity index (χ0v) is 55.6. The molecule has 0 radical (unpaired) electrons. The van der Waals surface area contributed by atoms with Crippen molar-refractivity contribution >= 4 is 17.7 Å². The fourth-order valence-corrected chi connectivity index (χ4v) is 32.2. The van der Waals surface area contributed by atoms with E-state index in [1.165, 1.54) is 36.0 Å². The van der Waals surface area contributed by atoms with Crippen LogP contribution in [0.15, 0.2) is 101 Å². The maximum atomic E-state index is 18.5. The molecule has 8 heterocycles. The van der Waals surface area contributed by atoms with Crippen molar-refractivity contribution in [1.82, 2.24) is 10.2 Å². The number of allylic oxidation sites excluding steroid dienone is 6. The van der Waals surface area contributed by atoms with Gasteiger partial charge in [-0.15, -0.1) is 0 Å². The minimum atomic E-state index is -1.59. The Morgan fingerprint density at radius 1 is 0.885 bits per heavy atom. The van der Waals surface area contributed by atoms with Crippen LogP contribution in [0.25, 0.3) is 0 Å². The van der Waals surface area contributed by atoms with Crippen LogP contribution >= 0.6 is 0 Å². The lowest BCUT2D eigenvalue weighted by molar-refractivity contribution is -0.320. The van der Waals surface area contributed by atoms with Crippen molar-refractivity contribution in [3.63, 3.8) is 0 Å². The minimum Gasteiger partial charge on any atom is -0.469 e. The summed E-state index contributed by atoms with van der Waals surface area (Å²) in [5.41, 5.74) is -4.09. The summed E-state index contributed by atoms with van der Waals surface area (Å²) in [6.45, 7) is 3.84. The summed E-state index contributed by atoms with van der Waals surface area (Å²) in [5.74, 6) is 7.00. The first kappa shape index (κ1) is 57.7. The van der Waals surface area contributed by atoms with Gasteiger partial charge in [0.25, 0.3) is 0 Å². The lowest BCUT2D eigenvalue weighted by Gasteiger charge is -2.74. The first-order valence-electron chi connectivity index (χ1n) is 38.6. The molecular weight excluding hydrogens is 1200 g/mol. The van der Waals surface area contributed by atoms with Crippen LogP contribution in [0, 0.1) is 151 Å². The molecule has 32 atom stereocenters. The molecule has 502 valence electrons. The van der Waals surface area contributed by atoms with Crippen LogP contribution in [0.4, 0.5) is 0 Å². The fourth-order valence-electron chi connectivity index (χ4n) is 32.2. The van der Waals surface area contributed by atoms with Gasteiger partial charge in [0, 0.05) is 58.6 Å². The van der Waals surface area contributed by atoms with Crippen molar-refractivity contribution in [1.29, 1.82) is 0 Å². The Morgan fingerprint density at radius 2 is 1.79 bits per heavy atom. The number of hydrogen-bond acceptors (Lipinski definition) is 13. The molecule has 2 aromatic rings. The number of nitrogens with zero attached hydrogens (tertiary/aromatic N) is 1. The van der Waals surface area contributed by atoms with Crippen LogP contribution in [-0.2, 0) is 58.2 Å². The van der Waals surface area contributed by atoms with Gasteiger partial charge < -0.3 is 43.6 Å². The van der Waals surface area contributed by atoms with Crippen molar-refractivity contribution in [3.05, 3.63) is 119 Å². The first-order chi connectivity index (χ1) is 46.8. The Labute approximate surface area is 563 Å². The van der Waals surface area contributed by atoms with Gasteiger partial charge in [-0.3, -0.25) is 14.9 Å². The number of benzene rings is 1. The Balaban J connectivity index is 0.770. The number of esters is 2. The summed E-state index contributed by atoms with van der Waals surface area (Å²) in [5, 5.41) is 42.7. The largest absolute Gasteiger partial charge is 0.469 e. The van der Waals surface area contributed by atoms with Crippen molar-refractivity contribution < 1.29 is 53.1 Å².